The van der Waals surface area contributed by atoms with Crippen LogP contribution in [0.25, 0.3) is 10.1 Å². The molecule has 5 heteroatoms. The number of hydrogen-bond acceptors (Lipinski definition) is 2. The van der Waals surface area contributed by atoms with Gasteiger partial charge >= 0.3 is 0 Å². The molecule has 108 valence electrons. The van der Waals surface area contributed by atoms with E-state index in [0.717, 1.165) is 16.5 Å². The lowest BCUT2D eigenvalue weighted by Gasteiger charge is -2.15. The van der Waals surface area contributed by atoms with E-state index in [0.29, 0.717) is 10.2 Å². The van der Waals surface area contributed by atoms with Gasteiger partial charge in [0.1, 0.15) is 11.6 Å². The number of methoxy groups -OCH3 is 1. The molecule has 1 aromatic heterocycles. The molecule has 21 heavy (non-hydrogen) atoms. The topological polar surface area (TPSA) is 9.23 Å². The second-order valence-electron chi connectivity index (χ2n) is 4.56. The van der Waals surface area contributed by atoms with Crippen molar-refractivity contribution in [3.05, 3.63) is 63.2 Å². The van der Waals surface area contributed by atoms with E-state index in [1.54, 1.807) is 17.4 Å². The Hall–Kier alpha value is -1.10. The average molecular weight is 386 g/mol. The zero-order valence-electron chi connectivity index (χ0n) is 11.1. The van der Waals surface area contributed by atoms with Crippen LogP contribution in [-0.2, 0) is 0 Å². The van der Waals surface area contributed by atoms with Gasteiger partial charge in [-0.3, -0.25) is 0 Å². The van der Waals surface area contributed by atoms with Crippen LogP contribution in [0.3, 0.4) is 0 Å². The fourth-order valence-electron chi connectivity index (χ4n) is 2.28. The molecule has 1 nitrogen and oxygen atoms in total. The van der Waals surface area contributed by atoms with Crippen LogP contribution in [0.1, 0.15) is 16.5 Å². The smallest absolute Gasteiger partial charge is 0.141 e. The zero-order chi connectivity index (χ0) is 15.0. The Kier molecular flexibility index (Phi) is 4.20. The Morgan fingerprint density at radius 2 is 2.00 bits per heavy atom. The summed E-state index contributed by atoms with van der Waals surface area (Å²) in [5.41, 5.74) is 1.75. The van der Waals surface area contributed by atoms with Crippen LogP contribution in [0.2, 0.25) is 0 Å². The summed E-state index contributed by atoms with van der Waals surface area (Å²) in [5.74, 6) is 0.0839. The zero-order valence-corrected chi connectivity index (χ0v) is 14.2. The number of fused-ring (bicyclic) bond motifs is 1. The summed E-state index contributed by atoms with van der Waals surface area (Å²) in [6.45, 7) is 0. The van der Waals surface area contributed by atoms with Crippen LogP contribution >= 0.6 is 38.9 Å². The lowest BCUT2D eigenvalue weighted by atomic mass is 10.0. The highest BCUT2D eigenvalue weighted by molar-refractivity contribution is 9.10. The van der Waals surface area contributed by atoms with Gasteiger partial charge in [-0.05, 0) is 44.4 Å². The number of benzene rings is 2. The molecule has 1 heterocycles. The largest absolute Gasteiger partial charge is 0.496 e. The summed E-state index contributed by atoms with van der Waals surface area (Å²) >= 11 is 11.5. The van der Waals surface area contributed by atoms with Crippen LogP contribution in [0.5, 0.6) is 5.75 Å². The van der Waals surface area contributed by atoms with E-state index in [9.17, 15) is 4.39 Å². The fraction of sp³-hybridized carbons (Fsp3) is 0.125. The highest BCUT2D eigenvalue weighted by Gasteiger charge is 2.21. The molecule has 0 saturated heterocycles. The van der Waals surface area contributed by atoms with E-state index in [1.165, 1.54) is 17.9 Å². The molecular weight excluding hydrogens is 375 g/mol. The summed E-state index contributed by atoms with van der Waals surface area (Å²) in [6, 6.07) is 11.1. The van der Waals surface area contributed by atoms with Crippen LogP contribution < -0.4 is 4.74 Å². The quantitative estimate of drug-likeness (QED) is 0.492. The molecule has 0 bridgehead atoms. The van der Waals surface area contributed by atoms with Crippen molar-refractivity contribution in [2.24, 2.45) is 0 Å². The Bertz CT molecular complexity index is 802. The Balaban J connectivity index is 2.14. The van der Waals surface area contributed by atoms with Gasteiger partial charge in [-0.1, -0.05) is 18.2 Å². The van der Waals surface area contributed by atoms with Gasteiger partial charge in [-0.25, -0.2) is 4.39 Å². The standard InChI is InChI=1S/C16H11BrClFOS/c1-20-14-7-13(19)12(17)6-10(14)16(18)11-8-21-15-5-3-2-4-9(11)15/h2-8,16H,1H3. The molecule has 0 aliphatic heterocycles. The third kappa shape index (κ3) is 2.68. The van der Waals surface area contributed by atoms with E-state index in [4.69, 9.17) is 16.3 Å². The normalized spacial score (nSPS) is 12.6. The van der Waals surface area contributed by atoms with Crippen molar-refractivity contribution in [1.82, 2.24) is 0 Å². The molecular formula is C16H11BrClFOS. The predicted molar refractivity (Wildman–Crippen MR) is 90.2 cm³/mol. The fourth-order valence-corrected chi connectivity index (χ4v) is 4.05. The molecule has 0 spiro atoms. The third-order valence-corrected chi connectivity index (χ3v) is 5.39. The summed E-state index contributed by atoms with van der Waals surface area (Å²) in [5, 5.41) is 2.76. The maximum absolute atomic E-state index is 13.6. The number of thiophene rings is 1. The number of ether oxygens (including phenoxy) is 1. The van der Waals surface area contributed by atoms with Crippen molar-refractivity contribution in [3.63, 3.8) is 0 Å². The maximum atomic E-state index is 13.6. The van der Waals surface area contributed by atoms with Gasteiger partial charge in [0.15, 0.2) is 0 Å². The molecule has 1 unspecified atom stereocenters. The van der Waals surface area contributed by atoms with Crippen molar-refractivity contribution in [2.45, 2.75) is 5.38 Å². The molecule has 3 aromatic rings. The molecule has 0 N–H and O–H groups in total. The summed E-state index contributed by atoms with van der Waals surface area (Å²) < 4.78 is 20.5. The van der Waals surface area contributed by atoms with E-state index >= 15 is 0 Å². The summed E-state index contributed by atoms with van der Waals surface area (Å²) in [7, 11) is 1.52. The minimum atomic E-state index is -0.395. The van der Waals surface area contributed by atoms with Crippen molar-refractivity contribution < 1.29 is 9.13 Å². The molecule has 0 aliphatic rings. The van der Waals surface area contributed by atoms with E-state index in [1.807, 2.05) is 23.6 Å². The molecule has 2 aromatic carbocycles. The van der Waals surface area contributed by atoms with Crippen LogP contribution in [-0.4, -0.2) is 7.11 Å². The molecule has 0 saturated carbocycles. The first-order valence-electron chi connectivity index (χ1n) is 6.25. The van der Waals surface area contributed by atoms with Gasteiger partial charge in [0.05, 0.1) is 17.0 Å². The van der Waals surface area contributed by atoms with Crippen LogP contribution in [0.4, 0.5) is 4.39 Å². The third-order valence-electron chi connectivity index (χ3n) is 3.33. The van der Waals surface area contributed by atoms with Gasteiger partial charge in [-0.2, -0.15) is 0 Å². The van der Waals surface area contributed by atoms with E-state index < -0.39 is 5.38 Å². The monoisotopic (exact) mass is 384 g/mol. The van der Waals surface area contributed by atoms with Crippen molar-refractivity contribution >= 4 is 49.0 Å². The number of rotatable bonds is 3. The molecule has 3 rings (SSSR count). The lowest BCUT2D eigenvalue weighted by molar-refractivity contribution is 0.406. The number of halogens is 3. The number of alkyl halides is 1. The first kappa shape index (κ1) is 14.8. The second-order valence-corrected chi connectivity index (χ2v) is 6.76. The van der Waals surface area contributed by atoms with Crippen LogP contribution in [0.15, 0.2) is 46.3 Å². The molecule has 0 radical (unpaired) electrons. The molecule has 1 atom stereocenters. The predicted octanol–water partition coefficient (Wildman–Crippen LogP) is 6.14. The van der Waals surface area contributed by atoms with Crippen molar-refractivity contribution in [3.8, 4) is 5.75 Å². The Labute approximate surface area is 139 Å². The maximum Gasteiger partial charge on any atom is 0.141 e. The summed E-state index contributed by atoms with van der Waals surface area (Å²) in [4.78, 5) is 0. The molecule has 0 aliphatic carbocycles. The lowest BCUT2D eigenvalue weighted by Crippen LogP contribution is -1.98. The minimum Gasteiger partial charge on any atom is -0.496 e. The van der Waals surface area contributed by atoms with Gasteiger partial charge in [0.2, 0.25) is 0 Å². The Morgan fingerprint density at radius 3 is 2.76 bits per heavy atom. The molecule has 0 fully saturated rings. The summed E-state index contributed by atoms with van der Waals surface area (Å²) in [6.07, 6.45) is 0. The highest BCUT2D eigenvalue weighted by atomic mass is 79.9. The van der Waals surface area contributed by atoms with Gasteiger partial charge < -0.3 is 4.74 Å². The van der Waals surface area contributed by atoms with Crippen molar-refractivity contribution in [1.29, 1.82) is 0 Å². The van der Waals surface area contributed by atoms with Gasteiger partial charge in [-0.15, -0.1) is 22.9 Å². The SMILES string of the molecule is COc1cc(F)c(Br)cc1C(Cl)c1csc2ccccc12. The van der Waals surface area contributed by atoms with Crippen molar-refractivity contribution in [2.75, 3.05) is 7.11 Å². The van der Waals surface area contributed by atoms with E-state index in [2.05, 4.69) is 22.0 Å². The minimum absolute atomic E-state index is 0.366. The van der Waals surface area contributed by atoms with E-state index in [-0.39, 0.29) is 5.82 Å². The second kappa shape index (κ2) is 5.95. The first-order valence-corrected chi connectivity index (χ1v) is 8.36. The first-order chi connectivity index (χ1) is 10.1. The number of hydrogen-bond donors (Lipinski definition) is 0. The average Bonchev–Trinajstić information content (AvgIpc) is 2.92. The van der Waals surface area contributed by atoms with Gasteiger partial charge in [0.25, 0.3) is 0 Å². The molecule has 0 amide bonds. The Morgan fingerprint density at radius 1 is 1.24 bits per heavy atom. The highest BCUT2D eigenvalue weighted by Crippen LogP contribution is 2.42. The van der Waals surface area contributed by atoms with Crippen LogP contribution in [0, 0.1) is 5.82 Å². The van der Waals surface area contributed by atoms with Gasteiger partial charge in [0, 0.05) is 16.3 Å².